The minimum absolute atomic E-state index is 0.253. The lowest BCUT2D eigenvalue weighted by molar-refractivity contribution is 0.217. The van der Waals surface area contributed by atoms with Crippen LogP contribution in [-0.4, -0.2) is 24.8 Å². The first-order chi connectivity index (χ1) is 11.9. The third kappa shape index (κ3) is 9.85. The Morgan fingerprint density at radius 3 is 2.16 bits per heavy atom. The van der Waals surface area contributed by atoms with Gasteiger partial charge in [-0.1, -0.05) is 45.6 Å². The molecule has 25 heavy (non-hydrogen) atoms. The minimum Gasteiger partial charge on any atom is -0.491 e. The van der Waals surface area contributed by atoms with Crippen LogP contribution in [0.5, 0.6) is 5.75 Å². The lowest BCUT2D eigenvalue weighted by Gasteiger charge is -2.17. The van der Waals surface area contributed by atoms with Crippen molar-refractivity contribution in [3.8, 4) is 5.75 Å². The number of rotatable bonds is 13. The van der Waals surface area contributed by atoms with Crippen molar-refractivity contribution in [2.24, 2.45) is 0 Å². The van der Waals surface area contributed by atoms with Crippen molar-refractivity contribution in [3.63, 3.8) is 0 Å². The van der Waals surface area contributed by atoms with E-state index in [1.54, 1.807) is 0 Å². The fraction of sp³-hybridized carbons (Fsp3) is 0.700. The Morgan fingerprint density at radius 2 is 1.60 bits per heavy atom. The highest BCUT2D eigenvalue weighted by atomic mass is 32.2. The van der Waals surface area contributed by atoms with Crippen LogP contribution in [0.4, 0.5) is 0 Å². The molecule has 0 aromatic heterocycles. The third-order valence-electron chi connectivity index (χ3n) is 4.40. The summed E-state index contributed by atoms with van der Waals surface area (Å²) in [5, 5.41) is 0. The maximum atomic E-state index is 10.9. The Kier molecular flexibility index (Phi) is 10.1. The predicted molar refractivity (Wildman–Crippen MR) is 104 cm³/mol. The largest absolute Gasteiger partial charge is 0.491 e. The molecule has 0 aliphatic carbocycles. The molecule has 0 aliphatic heterocycles. The molecule has 0 aliphatic rings. The first-order valence-corrected chi connectivity index (χ1v) is 11.2. The Hall–Kier alpha value is -1.07. The lowest BCUT2D eigenvalue weighted by Crippen LogP contribution is -2.17. The Labute approximate surface area is 153 Å². The molecular formula is C20H34O4S. The molecule has 0 saturated carbocycles. The van der Waals surface area contributed by atoms with Crippen molar-refractivity contribution >= 4 is 10.1 Å². The topological polar surface area (TPSA) is 63.6 Å². The van der Waals surface area contributed by atoms with Crippen molar-refractivity contribution < 1.29 is 17.7 Å². The van der Waals surface area contributed by atoms with E-state index in [4.69, 9.17) is 9.29 Å². The van der Waals surface area contributed by atoms with Crippen LogP contribution in [0.2, 0.25) is 0 Å². The number of hydrogen-bond acceptors (Lipinski definition) is 3. The molecule has 1 atom stereocenters. The Bertz CT molecular complexity index is 596. The quantitative estimate of drug-likeness (QED) is 0.383. The fourth-order valence-corrected chi connectivity index (χ4v) is 3.52. The van der Waals surface area contributed by atoms with Crippen LogP contribution in [0.3, 0.4) is 0 Å². The first kappa shape index (κ1) is 22.0. The van der Waals surface area contributed by atoms with Crippen molar-refractivity contribution in [2.45, 2.75) is 84.7 Å². The number of aryl methyl sites for hydroxylation is 2. The summed E-state index contributed by atoms with van der Waals surface area (Å²) in [6, 6.07) is 6.25. The maximum absolute atomic E-state index is 10.9. The second kappa shape index (κ2) is 11.5. The summed E-state index contributed by atoms with van der Waals surface area (Å²) in [6.45, 7) is 6.25. The SMILES string of the molecule is CCCCCc1ccc(OC(C)CCS(=O)(=O)O)cc1CCCCC. The summed E-state index contributed by atoms with van der Waals surface area (Å²) >= 11 is 0. The molecule has 0 bridgehead atoms. The van der Waals surface area contributed by atoms with Gasteiger partial charge < -0.3 is 4.74 Å². The van der Waals surface area contributed by atoms with Crippen molar-refractivity contribution in [3.05, 3.63) is 29.3 Å². The van der Waals surface area contributed by atoms with Gasteiger partial charge in [0.05, 0.1) is 11.9 Å². The average Bonchev–Trinajstić information content (AvgIpc) is 2.54. The molecule has 1 aromatic rings. The summed E-state index contributed by atoms with van der Waals surface area (Å²) in [6.07, 6.45) is 9.48. The van der Waals surface area contributed by atoms with E-state index in [0.29, 0.717) is 0 Å². The molecule has 0 heterocycles. The van der Waals surface area contributed by atoms with Crippen molar-refractivity contribution in [1.82, 2.24) is 0 Å². The van der Waals surface area contributed by atoms with Gasteiger partial charge in [-0.15, -0.1) is 0 Å². The van der Waals surface area contributed by atoms with E-state index in [0.717, 1.165) is 18.6 Å². The minimum atomic E-state index is -3.93. The molecule has 0 radical (unpaired) electrons. The van der Waals surface area contributed by atoms with Gasteiger partial charge in [-0.25, -0.2) is 0 Å². The van der Waals surface area contributed by atoms with E-state index in [9.17, 15) is 8.42 Å². The van der Waals surface area contributed by atoms with Crippen LogP contribution in [0, 0.1) is 0 Å². The standard InChI is InChI=1S/C20H34O4S/c1-4-6-8-10-18-12-13-20(16-19(18)11-9-7-5-2)24-17(3)14-15-25(21,22)23/h12-13,16-17H,4-11,14-15H2,1-3H3,(H,21,22,23). The van der Waals surface area contributed by atoms with Gasteiger partial charge >= 0.3 is 0 Å². The van der Waals surface area contributed by atoms with Crippen LogP contribution in [0.1, 0.15) is 76.8 Å². The van der Waals surface area contributed by atoms with Gasteiger partial charge in [0.25, 0.3) is 10.1 Å². The number of ether oxygens (including phenoxy) is 1. The van der Waals surface area contributed by atoms with Gasteiger partial charge in [0.2, 0.25) is 0 Å². The normalized spacial score (nSPS) is 13.0. The van der Waals surface area contributed by atoms with E-state index in [-0.39, 0.29) is 18.3 Å². The summed E-state index contributed by atoms with van der Waals surface area (Å²) in [5.74, 6) is 0.515. The van der Waals surface area contributed by atoms with Gasteiger partial charge in [0, 0.05) is 6.42 Å². The highest BCUT2D eigenvalue weighted by Gasteiger charge is 2.12. The summed E-state index contributed by atoms with van der Waals surface area (Å²) < 4.78 is 36.4. The molecule has 1 aromatic carbocycles. The smallest absolute Gasteiger partial charge is 0.264 e. The summed E-state index contributed by atoms with van der Waals surface area (Å²) in [4.78, 5) is 0. The molecule has 1 unspecified atom stereocenters. The average molecular weight is 371 g/mol. The summed E-state index contributed by atoms with van der Waals surface area (Å²) in [7, 11) is -3.93. The molecule has 5 heteroatoms. The van der Waals surface area contributed by atoms with Crippen LogP contribution >= 0.6 is 0 Å². The van der Waals surface area contributed by atoms with Gasteiger partial charge in [-0.05, 0) is 55.9 Å². The highest BCUT2D eigenvalue weighted by Crippen LogP contribution is 2.23. The molecule has 1 rings (SSSR count). The Morgan fingerprint density at radius 1 is 1.00 bits per heavy atom. The van der Waals surface area contributed by atoms with Crippen molar-refractivity contribution in [2.75, 3.05) is 5.75 Å². The molecule has 0 amide bonds. The summed E-state index contributed by atoms with van der Waals surface area (Å²) in [5.41, 5.74) is 2.76. The van der Waals surface area contributed by atoms with Crippen LogP contribution in [0.15, 0.2) is 18.2 Å². The van der Waals surface area contributed by atoms with E-state index >= 15 is 0 Å². The van der Waals surface area contributed by atoms with E-state index in [2.05, 4.69) is 26.0 Å². The zero-order valence-electron chi connectivity index (χ0n) is 16.0. The molecular weight excluding hydrogens is 336 g/mol. The zero-order valence-corrected chi connectivity index (χ0v) is 16.8. The van der Waals surface area contributed by atoms with E-state index in [1.165, 1.54) is 49.7 Å². The number of hydrogen-bond donors (Lipinski definition) is 1. The molecule has 4 nitrogen and oxygen atoms in total. The molecule has 0 spiro atoms. The molecule has 0 saturated heterocycles. The number of unbranched alkanes of at least 4 members (excludes halogenated alkanes) is 4. The first-order valence-electron chi connectivity index (χ1n) is 9.59. The van der Waals surface area contributed by atoms with Crippen molar-refractivity contribution in [1.29, 1.82) is 0 Å². The van der Waals surface area contributed by atoms with Gasteiger partial charge in [-0.3, -0.25) is 4.55 Å². The van der Waals surface area contributed by atoms with E-state index < -0.39 is 10.1 Å². The third-order valence-corrected chi connectivity index (χ3v) is 5.15. The molecule has 144 valence electrons. The van der Waals surface area contributed by atoms with E-state index in [1.807, 2.05) is 13.0 Å². The fourth-order valence-electron chi connectivity index (χ4n) is 2.89. The predicted octanol–water partition coefficient (Wildman–Crippen LogP) is 5.20. The van der Waals surface area contributed by atoms with Crippen LogP contribution in [0.25, 0.3) is 0 Å². The molecule has 1 N–H and O–H groups in total. The van der Waals surface area contributed by atoms with Gasteiger partial charge in [-0.2, -0.15) is 8.42 Å². The monoisotopic (exact) mass is 370 g/mol. The lowest BCUT2D eigenvalue weighted by atomic mass is 9.97. The van der Waals surface area contributed by atoms with Crippen LogP contribution in [-0.2, 0) is 23.0 Å². The second-order valence-electron chi connectivity index (χ2n) is 6.85. The van der Waals surface area contributed by atoms with Gasteiger partial charge in [0.15, 0.2) is 0 Å². The number of benzene rings is 1. The highest BCUT2D eigenvalue weighted by molar-refractivity contribution is 7.85. The zero-order chi connectivity index (χ0) is 18.7. The van der Waals surface area contributed by atoms with Crippen LogP contribution < -0.4 is 4.74 Å². The Balaban J connectivity index is 2.74. The second-order valence-corrected chi connectivity index (χ2v) is 8.42. The maximum Gasteiger partial charge on any atom is 0.264 e. The van der Waals surface area contributed by atoms with Gasteiger partial charge in [0.1, 0.15) is 5.75 Å². The molecule has 0 fully saturated rings.